The van der Waals surface area contributed by atoms with Crippen LogP contribution in [-0.2, 0) is 4.79 Å². The molecule has 2 heterocycles. The Hall–Kier alpha value is -2.34. The summed E-state index contributed by atoms with van der Waals surface area (Å²) in [6.45, 7) is 7.20. The average Bonchev–Trinajstić information content (AvgIpc) is 3.07. The summed E-state index contributed by atoms with van der Waals surface area (Å²) < 4.78 is 0. The van der Waals surface area contributed by atoms with Crippen LogP contribution >= 0.6 is 0 Å². The summed E-state index contributed by atoms with van der Waals surface area (Å²) in [7, 11) is 0. The molecule has 3 rings (SSSR count). The van der Waals surface area contributed by atoms with Gasteiger partial charge in [-0.05, 0) is 51.2 Å². The van der Waals surface area contributed by atoms with Crippen molar-refractivity contribution >= 4 is 22.7 Å². The van der Waals surface area contributed by atoms with Gasteiger partial charge in [0.05, 0.1) is 6.04 Å². The highest BCUT2D eigenvalue weighted by atomic mass is 16.2. The summed E-state index contributed by atoms with van der Waals surface area (Å²) in [4.78, 5) is 29.7. The number of aromatic amines is 1. The Morgan fingerprint density at radius 3 is 2.58 bits per heavy atom. The van der Waals surface area contributed by atoms with E-state index in [1.165, 1.54) is 0 Å². The molecule has 1 aliphatic heterocycles. The first-order chi connectivity index (χ1) is 12.4. The first kappa shape index (κ1) is 18.5. The molecule has 0 aliphatic carbocycles. The molecule has 2 unspecified atom stereocenters. The number of amides is 2. The Morgan fingerprint density at radius 2 is 1.96 bits per heavy atom. The molecule has 0 spiro atoms. The van der Waals surface area contributed by atoms with Gasteiger partial charge in [-0.1, -0.05) is 18.2 Å². The molecule has 1 fully saturated rings. The van der Waals surface area contributed by atoms with Gasteiger partial charge >= 0.3 is 0 Å². The van der Waals surface area contributed by atoms with Crippen LogP contribution in [0.5, 0.6) is 0 Å². The fraction of sp³-hybridized carbons (Fsp3) is 0.500. The van der Waals surface area contributed by atoms with E-state index in [0.29, 0.717) is 24.7 Å². The molecule has 26 heavy (non-hydrogen) atoms. The highest BCUT2D eigenvalue weighted by Crippen LogP contribution is 2.22. The Bertz CT molecular complexity index is 803. The second-order valence-electron chi connectivity index (χ2n) is 7.44. The van der Waals surface area contributed by atoms with E-state index in [1.54, 1.807) is 6.92 Å². The number of likely N-dealkylation sites (tertiary alicyclic amines) is 1. The molecule has 1 aromatic heterocycles. The summed E-state index contributed by atoms with van der Waals surface area (Å²) in [6.07, 6.45) is 1.76. The van der Waals surface area contributed by atoms with Crippen LogP contribution in [0.1, 0.15) is 42.7 Å². The Kier molecular flexibility index (Phi) is 5.32. The van der Waals surface area contributed by atoms with Crippen molar-refractivity contribution in [2.75, 3.05) is 13.1 Å². The molecular weight excluding hydrogens is 328 g/mol. The third-order valence-electron chi connectivity index (χ3n) is 5.42. The van der Waals surface area contributed by atoms with Crippen LogP contribution in [0.4, 0.5) is 0 Å². The van der Waals surface area contributed by atoms with Gasteiger partial charge in [-0.2, -0.15) is 0 Å². The number of piperidine rings is 1. The summed E-state index contributed by atoms with van der Waals surface area (Å²) in [5, 5.41) is 4.16. The number of carbonyl (C=O) groups excluding carboxylic acids is 2. The van der Waals surface area contributed by atoms with Crippen LogP contribution in [0.25, 0.3) is 10.9 Å². The molecule has 0 bridgehead atoms. The van der Waals surface area contributed by atoms with Crippen LogP contribution in [-0.4, -0.2) is 46.9 Å². The zero-order valence-corrected chi connectivity index (χ0v) is 15.7. The average molecular weight is 356 g/mol. The number of fused-ring (bicyclic) bond motifs is 1. The predicted molar refractivity (Wildman–Crippen MR) is 103 cm³/mol. The number of nitrogens with two attached hydrogens (primary N) is 1. The zero-order chi connectivity index (χ0) is 18.8. The maximum atomic E-state index is 12.6. The number of para-hydroxylation sites is 1. The smallest absolute Gasteiger partial charge is 0.267 e. The van der Waals surface area contributed by atoms with E-state index in [0.717, 1.165) is 29.3 Å². The van der Waals surface area contributed by atoms with Crippen molar-refractivity contribution in [3.63, 3.8) is 0 Å². The number of nitrogens with one attached hydrogen (secondary N) is 2. The van der Waals surface area contributed by atoms with Crippen LogP contribution in [0, 0.1) is 12.8 Å². The lowest BCUT2D eigenvalue weighted by Gasteiger charge is -2.35. The van der Waals surface area contributed by atoms with Gasteiger partial charge in [0.2, 0.25) is 5.91 Å². The highest BCUT2D eigenvalue weighted by Gasteiger charge is 2.28. The first-order valence-corrected chi connectivity index (χ1v) is 9.30. The van der Waals surface area contributed by atoms with Crippen molar-refractivity contribution in [1.82, 2.24) is 15.2 Å². The fourth-order valence-corrected chi connectivity index (χ4v) is 3.74. The van der Waals surface area contributed by atoms with E-state index in [1.807, 2.05) is 43.0 Å². The van der Waals surface area contributed by atoms with Gasteiger partial charge in [-0.15, -0.1) is 0 Å². The minimum Gasteiger partial charge on any atom is -0.350 e. The molecule has 2 aromatic rings. The summed E-state index contributed by atoms with van der Waals surface area (Å²) in [5.41, 5.74) is 8.40. The number of carbonyl (C=O) groups is 2. The monoisotopic (exact) mass is 356 g/mol. The first-order valence-electron chi connectivity index (χ1n) is 9.30. The number of aromatic nitrogens is 1. The molecular formula is C20H28N4O2. The Morgan fingerprint density at radius 1 is 1.27 bits per heavy atom. The lowest BCUT2D eigenvalue weighted by molar-refractivity contribution is -0.133. The van der Waals surface area contributed by atoms with E-state index in [2.05, 4.69) is 10.3 Å². The molecule has 6 nitrogen and oxygen atoms in total. The van der Waals surface area contributed by atoms with Gasteiger partial charge in [-0.3, -0.25) is 9.59 Å². The number of rotatable bonds is 4. The number of H-pyrrole nitrogens is 1. The normalized spacial score (nSPS) is 17.9. The second-order valence-corrected chi connectivity index (χ2v) is 7.44. The molecule has 140 valence electrons. The zero-order valence-electron chi connectivity index (χ0n) is 15.7. The van der Waals surface area contributed by atoms with Gasteiger partial charge < -0.3 is 20.9 Å². The lowest BCUT2D eigenvalue weighted by Crippen LogP contribution is -2.49. The van der Waals surface area contributed by atoms with Gasteiger partial charge in [-0.25, -0.2) is 0 Å². The van der Waals surface area contributed by atoms with E-state index in [4.69, 9.17) is 5.73 Å². The summed E-state index contributed by atoms with van der Waals surface area (Å²) >= 11 is 0. The number of nitrogens with zero attached hydrogens (tertiary/aromatic N) is 1. The summed E-state index contributed by atoms with van der Waals surface area (Å²) in [6, 6.07) is 7.53. The molecule has 2 amide bonds. The topological polar surface area (TPSA) is 91.2 Å². The lowest BCUT2D eigenvalue weighted by atomic mass is 9.90. The third-order valence-corrected chi connectivity index (χ3v) is 5.42. The second kappa shape index (κ2) is 7.50. The van der Waals surface area contributed by atoms with E-state index < -0.39 is 6.04 Å². The van der Waals surface area contributed by atoms with Crippen molar-refractivity contribution in [2.24, 2.45) is 11.7 Å². The molecule has 0 radical (unpaired) electrons. The van der Waals surface area contributed by atoms with Crippen LogP contribution < -0.4 is 11.1 Å². The van der Waals surface area contributed by atoms with Crippen molar-refractivity contribution in [3.05, 3.63) is 35.5 Å². The molecule has 2 atom stereocenters. The Balaban J connectivity index is 1.59. The van der Waals surface area contributed by atoms with Gasteiger partial charge in [0.15, 0.2) is 0 Å². The molecule has 1 saturated heterocycles. The Labute approximate surface area is 154 Å². The number of hydrogen-bond donors (Lipinski definition) is 3. The van der Waals surface area contributed by atoms with Crippen LogP contribution in [0.15, 0.2) is 24.3 Å². The van der Waals surface area contributed by atoms with Crippen molar-refractivity contribution < 1.29 is 9.59 Å². The summed E-state index contributed by atoms with van der Waals surface area (Å²) in [5.74, 6) is 0.290. The molecule has 4 N–H and O–H groups in total. The van der Waals surface area contributed by atoms with Gasteiger partial charge in [0.25, 0.3) is 5.91 Å². The predicted octanol–water partition coefficient (Wildman–Crippen LogP) is 2.18. The highest BCUT2D eigenvalue weighted by molar-refractivity contribution is 5.98. The van der Waals surface area contributed by atoms with Gasteiger partial charge in [0.1, 0.15) is 5.69 Å². The van der Waals surface area contributed by atoms with Crippen molar-refractivity contribution in [2.45, 2.75) is 45.7 Å². The van der Waals surface area contributed by atoms with Crippen molar-refractivity contribution in [1.29, 1.82) is 0 Å². The third kappa shape index (κ3) is 3.75. The molecule has 1 aliphatic rings. The standard InChI is InChI=1S/C20H28N4O2/c1-12-5-4-6-16-11-17(23-18(12)16)19(25)22-14(3)15-7-9-24(10-8-15)20(26)13(2)21/h4-6,11,13-15,23H,7-10,21H2,1-3H3,(H,22,25). The minimum atomic E-state index is -0.450. The van der Waals surface area contributed by atoms with Gasteiger partial charge in [0, 0.05) is 30.0 Å². The number of benzene rings is 1. The quantitative estimate of drug-likeness (QED) is 0.784. The van der Waals surface area contributed by atoms with E-state index in [-0.39, 0.29) is 17.9 Å². The van der Waals surface area contributed by atoms with Crippen LogP contribution in [0.3, 0.4) is 0 Å². The molecule has 6 heteroatoms. The molecule has 0 saturated carbocycles. The van der Waals surface area contributed by atoms with Crippen molar-refractivity contribution in [3.8, 4) is 0 Å². The SMILES string of the molecule is Cc1cccc2cc(C(=O)NC(C)C3CCN(C(=O)C(C)N)CC3)[nH]c12. The van der Waals surface area contributed by atoms with E-state index >= 15 is 0 Å². The molecule has 1 aromatic carbocycles. The maximum Gasteiger partial charge on any atom is 0.267 e. The largest absolute Gasteiger partial charge is 0.350 e. The van der Waals surface area contributed by atoms with E-state index in [9.17, 15) is 9.59 Å². The maximum absolute atomic E-state index is 12.6. The number of hydrogen-bond acceptors (Lipinski definition) is 3. The minimum absolute atomic E-state index is 0.00795. The van der Waals surface area contributed by atoms with Crippen LogP contribution in [0.2, 0.25) is 0 Å². The fourth-order valence-electron chi connectivity index (χ4n) is 3.74. The number of aryl methyl sites for hydroxylation is 1.